The van der Waals surface area contributed by atoms with E-state index < -0.39 is 0 Å². The lowest BCUT2D eigenvalue weighted by Gasteiger charge is -2.01. The second-order valence-corrected chi connectivity index (χ2v) is 3.67. The SMILES string of the molecule is Cc1cccc(Cn2ncn(C)c2=O)c1. The van der Waals surface area contributed by atoms with Crippen molar-refractivity contribution in [1.29, 1.82) is 0 Å². The standard InChI is InChI=1S/C11H13N3O/c1-9-4-3-5-10(6-9)7-14-11(15)13(2)8-12-14/h3-6,8H,7H2,1-2H3. The lowest BCUT2D eigenvalue weighted by atomic mass is 10.1. The summed E-state index contributed by atoms with van der Waals surface area (Å²) in [6, 6.07) is 8.07. The molecule has 2 rings (SSSR count). The third-order valence-electron chi connectivity index (χ3n) is 2.30. The number of nitrogens with zero attached hydrogens (tertiary/aromatic N) is 3. The van der Waals surface area contributed by atoms with Crippen LogP contribution in [0.5, 0.6) is 0 Å². The maximum Gasteiger partial charge on any atom is 0.345 e. The summed E-state index contributed by atoms with van der Waals surface area (Å²) >= 11 is 0. The van der Waals surface area contributed by atoms with Crippen molar-refractivity contribution in [2.45, 2.75) is 13.5 Å². The Morgan fingerprint density at radius 3 is 2.80 bits per heavy atom. The van der Waals surface area contributed by atoms with Crippen LogP contribution in [0.15, 0.2) is 35.4 Å². The average Bonchev–Trinajstić information content (AvgIpc) is 2.50. The van der Waals surface area contributed by atoms with E-state index in [0.29, 0.717) is 6.54 Å². The lowest BCUT2D eigenvalue weighted by molar-refractivity contribution is 0.646. The number of hydrogen-bond acceptors (Lipinski definition) is 2. The molecule has 0 spiro atoms. The summed E-state index contributed by atoms with van der Waals surface area (Å²) in [7, 11) is 1.70. The fourth-order valence-corrected chi connectivity index (χ4v) is 1.51. The van der Waals surface area contributed by atoms with Crippen molar-refractivity contribution in [3.05, 3.63) is 52.2 Å². The number of benzene rings is 1. The predicted octanol–water partition coefficient (Wildman–Crippen LogP) is 0.939. The van der Waals surface area contributed by atoms with Crippen LogP contribution in [0.3, 0.4) is 0 Å². The highest BCUT2D eigenvalue weighted by Crippen LogP contribution is 2.04. The van der Waals surface area contributed by atoms with E-state index in [1.165, 1.54) is 21.1 Å². The Morgan fingerprint density at radius 2 is 2.20 bits per heavy atom. The first-order chi connectivity index (χ1) is 7.16. The second-order valence-electron chi connectivity index (χ2n) is 3.67. The smallest absolute Gasteiger partial charge is 0.285 e. The molecule has 0 N–H and O–H groups in total. The van der Waals surface area contributed by atoms with Crippen LogP contribution in [0.1, 0.15) is 11.1 Å². The van der Waals surface area contributed by atoms with E-state index in [4.69, 9.17) is 0 Å². The van der Waals surface area contributed by atoms with Crippen molar-refractivity contribution in [3.63, 3.8) is 0 Å². The van der Waals surface area contributed by atoms with Gasteiger partial charge in [0.05, 0.1) is 6.54 Å². The molecular formula is C11H13N3O. The third-order valence-corrected chi connectivity index (χ3v) is 2.30. The van der Waals surface area contributed by atoms with Crippen LogP contribution in [0.4, 0.5) is 0 Å². The molecule has 0 fully saturated rings. The molecule has 1 aromatic heterocycles. The molecule has 0 bridgehead atoms. The summed E-state index contributed by atoms with van der Waals surface area (Å²) in [6.07, 6.45) is 1.53. The van der Waals surface area contributed by atoms with Gasteiger partial charge in [-0.15, -0.1) is 0 Å². The molecule has 2 aromatic rings. The maximum absolute atomic E-state index is 11.5. The van der Waals surface area contributed by atoms with Crippen LogP contribution >= 0.6 is 0 Å². The molecule has 0 amide bonds. The molecular weight excluding hydrogens is 190 g/mol. The predicted molar refractivity (Wildman–Crippen MR) is 57.7 cm³/mol. The number of aryl methyl sites for hydroxylation is 2. The van der Waals surface area contributed by atoms with Gasteiger partial charge >= 0.3 is 5.69 Å². The number of rotatable bonds is 2. The molecule has 0 radical (unpaired) electrons. The van der Waals surface area contributed by atoms with Gasteiger partial charge in [-0.05, 0) is 12.5 Å². The summed E-state index contributed by atoms with van der Waals surface area (Å²) in [4.78, 5) is 11.5. The summed E-state index contributed by atoms with van der Waals surface area (Å²) in [6.45, 7) is 2.56. The van der Waals surface area contributed by atoms with Crippen LogP contribution in [0.25, 0.3) is 0 Å². The van der Waals surface area contributed by atoms with Gasteiger partial charge in [0.15, 0.2) is 0 Å². The zero-order chi connectivity index (χ0) is 10.8. The van der Waals surface area contributed by atoms with E-state index in [0.717, 1.165) is 5.56 Å². The van der Waals surface area contributed by atoms with E-state index in [1.807, 2.05) is 25.1 Å². The van der Waals surface area contributed by atoms with Crippen molar-refractivity contribution >= 4 is 0 Å². The van der Waals surface area contributed by atoms with Crippen molar-refractivity contribution < 1.29 is 0 Å². The van der Waals surface area contributed by atoms with Crippen molar-refractivity contribution in [3.8, 4) is 0 Å². The molecule has 4 nitrogen and oxygen atoms in total. The summed E-state index contributed by atoms with van der Waals surface area (Å²) in [5, 5.41) is 4.01. The normalized spacial score (nSPS) is 10.5. The van der Waals surface area contributed by atoms with Gasteiger partial charge in [0.1, 0.15) is 6.33 Å². The van der Waals surface area contributed by atoms with Crippen LogP contribution in [-0.2, 0) is 13.6 Å². The molecule has 15 heavy (non-hydrogen) atoms. The average molecular weight is 203 g/mol. The van der Waals surface area contributed by atoms with E-state index >= 15 is 0 Å². The van der Waals surface area contributed by atoms with Gasteiger partial charge in [0.2, 0.25) is 0 Å². The van der Waals surface area contributed by atoms with E-state index in [9.17, 15) is 4.79 Å². The minimum atomic E-state index is -0.0866. The first-order valence-electron chi connectivity index (χ1n) is 4.81. The van der Waals surface area contributed by atoms with Gasteiger partial charge < -0.3 is 0 Å². The molecule has 1 heterocycles. The Labute approximate surface area is 87.8 Å². The molecule has 1 aromatic carbocycles. The molecule has 0 unspecified atom stereocenters. The van der Waals surface area contributed by atoms with Gasteiger partial charge in [-0.1, -0.05) is 29.8 Å². The lowest BCUT2D eigenvalue weighted by Crippen LogP contribution is -2.23. The topological polar surface area (TPSA) is 39.8 Å². The quantitative estimate of drug-likeness (QED) is 0.728. The van der Waals surface area contributed by atoms with E-state index in [-0.39, 0.29) is 5.69 Å². The fourth-order valence-electron chi connectivity index (χ4n) is 1.51. The Hall–Kier alpha value is -1.84. The highest BCUT2D eigenvalue weighted by molar-refractivity contribution is 5.22. The van der Waals surface area contributed by atoms with Gasteiger partial charge in [0.25, 0.3) is 0 Å². The van der Waals surface area contributed by atoms with Crippen LogP contribution in [0.2, 0.25) is 0 Å². The van der Waals surface area contributed by atoms with Crippen LogP contribution in [0, 0.1) is 6.92 Å². The van der Waals surface area contributed by atoms with Gasteiger partial charge in [-0.3, -0.25) is 4.57 Å². The monoisotopic (exact) mass is 203 g/mol. The zero-order valence-corrected chi connectivity index (χ0v) is 8.84. The van der Waals surface area contributed by atoms with Crippen LogP contribution < -0.4 is 5.69 Å². The number of hydrogen-bond donors (Lipinski definition) is 0. The summed E-state index contributed by atoms with van der Waals surface area (Å²) in [5.74, 6) is 0. The van der Waals surface area contributed by atoms with Gasteiger partial charge in [-0.25, -0.2) is 9.48 Å². The highest BCUT2D eigenvalue weighted by atomic mass is 16.2. The Bertz CT molecular complexity index is 525. The van der Waals surface area contributed by atoms with Crippen molar-refractivity contribution in [2.24, 2.45) is 7.05 Å². The molecule has 0 aliphatic carbocycles. The van der Waals surface area contributed by atoms with Crippen molar-refractivity contribution in [1.82, 2.24) is 14.3 Å². The maximum atomic E-state index is 11.5. The Morgan fingerprint density at radius 1 is 1.40 bits per heavy atom. The van der Waals surface area contributed by atoms with E-state index in [2.05, 4.69) is 11.2 Å². The Kier molecular flexibility index (Phi) is 2.41. The highest BCUT2D eigenvalue weighted by Gasteiger charge is 2.02. The van der Waals surface area contributed by atoms with Gasteiger partial charge in [-0.2, -0.15) is 5.10 Å². The summed E-state index contributed by atoms with van der Waals surface area (Å²) in [5.41, 5.74) is 2.20. The largest absolute Gasteiger partial charge is 0.345 e. The summed E-state index contributed by atoms with van der Waals surface area (Å²) < 4.78 is 2.92. The second kappa shape index (κ2) is 3.73. The Balaban J connectivity index is 2.30. The van der Waals surface area contributed by atoms with Gasteiger partial charge in [0, 0.05) is 7.05 Å². The number of aromatic nitrogens is 3. The molecule has 0 saturated carbocycles. The zero-order valence-electron chi connectivity index (χ0n) is 8.84. The molecule has 0 atom stereocenters. The third kappa shape index (κ3) is 1.98. The minimum Gasteiger partial charge on any atom is -0.285 e. The first kappa shape index (κ1) is 9.71. The van der Waals surface area contributed by atoms with Crippen LogP contribution in [-0.4, -0.2) is 14.3 Å². The molecule has 4 heteroatoms. The van der Waals surface area contributed by atoms with E-state index in [1.54, 1.807) is 7.05 Å². The minimum absolute atomic E-state index is 0.0866. The molecule has 0 aliphatic heterocycles. The molecule has 0 saturated heterocycles. The first-order valence-corrected chi connectivity index (χ1v) is 4.81. The molecule has 0 aliphatic rings. The molecule has 78 valence electrons. The van der Waals surface area contributed by atoms with Crippen molar-refractivity contribution in [2.75, 3.05) is 0 Å². The fraction of sp³-hybridized carbons (Fsp3) is 0.273.